The molecule has 0 unspecified atom stereocenters. The van der Waals surface area contributed by atoms with E-state index in [2.05, 4.69) is 342 Å². The Balaban J connectivity index is 1.10. The summed E-state index contributed by atoms with van der Waals surface area (Å²) in [5, 5.41) is 0. The second-order valence-corrected chi connectivity index (χ2v) is 27.6. The van der Waals surface area contributed by atoms with Gasteiger partial charge in [0.05, 0.1) is 0 Å². The highest BCUT2D eigenvalue weighted by molar-refractivity contribution is 6.07. The highest BCUT2D eigenvalue weighted by atomic mass is 15.2. The number of fused-ring (bicyclic) bond motifs is 8. The summed E-state index contributed by atoms with van der Waals surface area (Å²) < 4.78 is 0. The quantitative estimate of drug-likeness (QED) is 0.0509. The van der Waals surface area contributed by atoms with Crippen molar-refractivity contribution in [2.75, 3.05) is 19.6 Å². The van der Waals surface area contributed by atoms with Gasteiger partial charge in [-0.1, -0.05) is 205 Å². The molecule has 12 aromatic carbocycles. The predicted octanol–water partition coefficient (Wildman–Crippen LogP) is 28.2. The topological polar surface area (TPSA) is 13.0 Å². The van der Waals surface area contributed by atoms with Crippen LogP contribution in [-0.4, -0.2) is 0 Å². The summed E-state index contributed by atoms with van der Waals surface area (Å²) in [6.07, 6.45) is 17.0. The number of nitrogens with zero attached hydrogens (tertiary/aromatic N) is 4. The molecule has 0 fully saturated rings. The molecule has 1 aliphatic carbocycles. The average molecular weight is 1300 g/mol. The number of rotatable bonds is 27. The fourth-order valence-electron chi connectivity index (χ4n) is 14.3. The number of unbranched alkanes of at least 4 members (excludes halogenated alkanes) is 5. The first-order chi connectivity index (χ1) is 48.6. The molecule has 13 rings (SSSR count). The van der Waals surface area contributed by atoms with Crippen molar-refractivity contribution in [2.24, 2.45) is 0 Å². The summed E-state index contributed by atoms with van der Waals surface area (Å²) in [5.74, 6) is 0. The van der Waals surface area contributed by atoms with Crippen LogP contribution >= 0.6 is 0 Å². The zero-order valence-corrected chi connectivity index (χ0v) is 59.8. The Bertz CT molecular complexity index is 4470. The second-order valence-electron chi connectivity index (χ2n) is 27.6. The summed E-state index contributed by atoms with van der Waals surface area (Å²) in [6.45, 7) is 17.9. The summed E-state index contributed by atoms with van der Waals surface area (Å²) in [7, 11) is 0. The maximum absolute atomic E-state index is 2.50. The van der Waals surface area contributed by atoms with Crippen molar-refractivity contribution in [3.8, 4) is 44.5 Å². The van der Waals surface area contributed by atoms with E-state index >= 15 is 0 Å². The van der Waals surface area contributed by atoms with Gasteiger partial charge in [0.25, 0.3) is 0 Å². The summed E-state index contributed by atoms with van der Waals surface area (Å²) in [4.78, 5) is 9.87. The largest absolute Gasteiger partial charge is 0.310 e. The fourth-order valence-corrected chi connectivity index (χ4v) is 14.3. The first kappa shape index (κ1) is 67.4. The molecule has 0 saturated heterocycles. The average Bonchev–Trinajstić information content (AvgIpc) is 0.728. The van der Waals surface area contributed by atoms with E-state index in [1.165, 1.54) is 98.9 Å². The summed E-state index contributed by atoms with van der Waals surface area (Å²) in [5.41, 5.74) is 33.2. The molecule has 4 heteroatoms. The third-order valence-corrected chi connectivity index (χ3v) is 20.2. The molecule has 99 heavy (non-hydrogen) atoms. The van der Waals surface area contributed by atoms with E-state index in [9.17, 15) is 0 Å². The minimum Gasteiger partial charge on any atom is -0.310 e. The lowest BCUT2D eigenvalue weighted by atomic mass is 9.80. The van der Waals surface area contributed by atoms with E-state index in [1.807, 2.05) is 0 Å². The first-order valence-corrected chi connectivity index (χ1v) is 37.0. The summed E-state index contributed by atoms with van der Waals surface area (Å²) >= 11 is 0. The van der Waals surface area contributed by atoms with Gasteiger partial charge in [0.15, 0.2) is 0 Å². The SMILES string of the molecule is CCCCc1ccc(N(c2ccc(C)cc2)c2ccc3c(c2)-c2cc(N(c4ccc(CCCC)cc4)c4ccc(CCCC)cc4)ccc2-c2ccc(N(c4ccc(C)cc4)c4ccc(C)cc4)cc2-c2cc(N(c4ccc(CCCC)cc4)c4ccc(CCCC)cc4)ccc2-3)cc1. The molecule has 0 atom stereocenters. The van der Waals surface area contributed by atoms with Gasteiger partial charge >= 0.3 is 0 Å². The zero-order valence-electron chi connectivity index (χ0n) is 59.8. The predicted molar refractivity (Wildman–Crippen MR) is 428 cm³/mol. The Morgan fingerprint density at radius 1 is 0.172 bits per heavy atom. The van der Waals surface area contributed by atoms with Gasteiger partial charge in [0.1, 0.15) is 0 Å². The van der Waals surface area contributed by atoms with Gasteiger partial charge in [-0.15, -0.1) is 0 Å². The Hall–Kier alpha value is -10.2. The van der Waals surface area contributed by atoms with Crippen LogP contribution in [0.5, 0.6) is 0 Å². The molecule has 0 bridgehead atoms. The van der Waals surface area contributed by atoms with Gasteiger partial charge in [-0.25, -0.2) is 0 Å². The van der Waals surface area contributed by atoms with E-state index in [0.29, 0.717) is 0 Å². The van der Waals surface area contributed by atoms with Crippen LogP contribution in [0.1, 0.15) is 143 Å². The van der Waals surface area contributed by atoms with E-state index in [0.717, 1.165) is 155 Å². The number of hydrogen-bond donors (Lipinski definition) is 0. The van der Waals surface area contributed by atoms with Crippen molar-refractivity contribution < 1.29 is 0 Å². The van der Waals surface area contributed by atoms with Crippen LogP contribution < -0.4 is 19.6 Å². The molecule has 498 valence electrons. The zero-order chi connectivity index (χ0) is 68.2. The summed E-state index contributed by atoms with van der Waals surface area (Å²) in [6, 6.07) is 103. The Labute approximate surface area is 591 Å². The van der Waals surface area contributed by atoms with Gasteiger partial charge in [-0.3, -0.25) is 0 Å². The molecule has 0 aliphatic heterocycles. The van der Waals surface area contributed by atoms with Crippen LogP contribution in [0.2, 0.25) is 0 Å². The first-order valence-electron chi connectivity index (χ1n) is 37.0. The van der Waals surface area contributed by atoms with E-state index in [1.54, 1.807) is 0 Å². The lowest BCUT2D eigenvalue weighted by Gasteiger charge is -2.32. The smallest absolute Gasteiger partial charge is 0.0468 e. The molecular formula is C95H98N4. The standard InChI is InChI=1S/C95H98N4/c1-9-14-19-71-30-46-79(47-31-71)97(78-44-28-70(8)29-45-78)85-57-61-89-91-63-59-86(98(80-48-32-72(33-49-80)20-15-10-2)81-50-34-73(35-51-81)21-16-11-3)66-94(91)92-64-84(96(76-40-24-68(6)25-41-76)77-42-26-69(7)27-43-77)56-60-88(92)90-62-58-87(67-95(90)93(89)65-85)99(82-52-36-74(37-53-82)22-17-12-4)83-54-38-75(39-55-83)23-18-13-5/h24-67H,9-23H2,1-8H3. The highest BCUT2D eigenvalue weighted by Crippen LogP contribution is 2.54. The highest BCUT2D eigenvalue weighted by Gasteiger charge is 2.29. The third-order valence-electron chi connectivity index (χ3n) is 20.2. The maximum Gasteiger partial charge on any atom is 0.0468 e. The van der Waals surface area contributed by atoms with Gasteiger partial charge < -0.3 is 19.6 Å². The number of anilines is 12. The number of hydrogen-bond acceptors (Lipinski definition) is 4. The monoisotopic (exact) mass is 1290 g/mol. The van der Waals surface area contributed by atoms with Crippen molar-refractivity contribution in [1.29, 1.82) is 0 Å². The molecular weight excluding hydrogens is 1200 g/mol. The minimum atomic E-state index is 1.07. The van der Waals surface area contributed by atoms with Crippen LogP contribution in [0.3, 0.4) is 0 Å². The van der Waals surface area contributed by atoms with Crippen LogP contribution in [-0.2, 0) is 32.1 Å². The van der Waals surface area contributed by atoms with Crippen molar-refractivity contribution in [1.82, 2.24) is 0 Å². The molecule has 0 heterocycles. The molecule has 1 aliphatic rings. The molecule has 0 spiro atoms. The van der Waals surface area contributed by atoms with Gasteiger partial charge in [0.2, 0.25) is 0 Å². The fraction of sp³-hybridized carbons (Fsp3) is 0.242. The van der Waals surface area contributed by atoms with Crippen molar-refractivity contribution in [2.45, 2.75) is 152 Å². The van der Waals surface area contributed by atoms with Crippen molar-refractivity contribution >= 4 is 68.2 Å². The minimum absolute atomic E-state index is 1.07. The molecule has 0 saturated carbocycles. The van der Waals surface area contributed by atoms with Crippen LogP contribution in [0.15, 0.2) is 267 Å². The Morgan fingerprint density at radius 3 is 0.485 bits per heavy atom. The third kappa shape index (κ3) is 15.3. The van der Waals surface area contributed by atoms with Gasteiger partial charge in [-0.2, -0.15) is 0 Å². The van der Waals surface area contributed by atoms with E-state index < -0.39 is 0 Å². The van der Waals surface area contributed by atoms with Gasteiger partial charge in [0, 0.05) is 68.2 Å². The number of benzene rings is 12. The van der Waals surface area contributed by atoms with Crippen LogP contribution in [0.4, 0.5) is 68.2 Å². The number of aryl methyl sites for hydroxylation is 8. The molecule has 0 aromatic heterocycles. The lowest BCUT2D eigenvalue weighted by molar-refractivity contribution is 0.795. The maximum atomic E-state index is 2.50. The van der Waals surface area contributed by atoms with Crippen molar-refractivity contribution in [3.05, 3.63) is 311 Å². The molecule has 4 nitrogen and oxygen atoms in total. The van der Waals surface area contributed by atoms with Gasteiger partial charge in [-0.05, 0) is 303 Å². The molecule has 12 aromatic rings. The molecule has 0 amide bonds. The Kier molecular flexibility index (Phi) is 21.5. The normalized spacial score (nSPS) is 11.4. The van der Waals surface area contributed by atoms with Crippen LogP contribution in [0.25, 0.3) is 44.5 Å². The Morgan fingerprint density at radius 2 is 0.323 bits per heavy atom. The lowest BCUT2D eigenvalue weighted by Crippen LogP contribution is -2.13. The van der Waals surface area contributed by atoms with Crippen molar-refractivity contribution in [3.63, 3.8) is 0 Å². The van der Waals surface area contributed by atoms with Crippen LogP contribution in [0, 0.1) is 20.8 Å². The molecule has 0 radical (unpaired) electrons. The van der Waals surface area contributed by atoms with E-state index in [4.69, 9.17) is 0 Å². The van der Waals surface area contributed by atoms with E-state index in [-0.39, 0.29) is 0 Å². The molecule has 0 N–H and O–H groups in total. The second kappa shape index (κ2) is 31.6.